The number of amides is 1. The van der Waals surface area contributed by atoms with Gasteiger partial charge in [-0.3, -0.25) is 0 Å². The van der Waals surface area contributed by atoms with Crippen molar-refractivity contribution in [3.8, 4) is 0 Å². The number of halogens is 1. The van der Waals surface area contributed by atoms with E-state index in [1.807, 2.05) is 39.2 Å². The van der Waals surface area contributed by atoms with Gasteiger partial charge in [0, 0.05) is 21.9 Å². The van der Waals surface area contributed by atoms with Crippen LogP contribution in [0.15, 0.2) is 34.0 Å². The Hall–Kier alpha value is -2.68. The number of hydrogen-bond donors (Lipinski definition) is 2. The van der Waals surface area contributed by atoms with E-state index in [9.17, 15) is 4.79 Å². The number of imidazole rings is 1. The minimum absolute atomic E-state index is 0.370. The van der Waals surface area contributed by atoms with E-state index in [0.717, 1.165) is 32.9 Å². The Balaban J connectivity index is 1.55. The van der Waals surface area contributed by atoms with Crippen molar-refractivity contribution in [3.63, 3.8) is 0 Å². The first-order valence-electron chi connectivity index (χ1n) is 13.0. The van der Waals surface area contributed by atoms with Crippen molar-refractivity contribution in [2.45, 2.75) is 70.4 Å². The van der Waals surface area contributed by atoms with Crippen LogP contribution in [0.25, 0.3) is 16.7 Å². The van der Waals surface area contributed by atoms with Crippen LogP contribution < -0.4 is 10.6 Å². The molecule has 1 radical (unpaired) electrons. The van der Waals surface area contributed by atoms with E-state index < -0.39 is 11.7 Å². The minimum Gasteiger partial charge on any atom is -0.444 e. The molecule has 0 aliphatic rings. The summed E-state index contributed by atoms with van der Waals surface area (Å²) in [6.07, 6.45) is 3.90. The van der Waals surface area contributed by atoms with Crippen LogP contribution in [0.5, 0.6) is 0 Å². The van der Waals surface area contributed by atoms with Crippen LogP contribution in [0, 0.1) is 0 Å². The van der Waals surface area contributed by atoms with E-state index in [1.54, 1.807) is 10.7 Å². The van der Waals surface area contributed by atoms with Crippen molar-refractivity contribution < 1.29 is 14.3 Å². The third kappa shape index (κ3) is 7.95. The Bertz CT molecular complexity index is 1470. The van der Waals surface area contributed by atoms with E-state index in [4.69, 9.17) is 14.5 Å². The van der Waals surface area contributed by atoms with Crippen molar-refractivity contribution in [1.29, 1.82) is 0 Å². The van der Waals surface area contributed by atoms with E-state index >= 15 is 0 Å². The van der Waals surface area contributed by atoms with Gasteiger partial charge < -0.3 is 24.7 Å². The largest absolute Gasteiger partial charge is 0.444 e. The second kappa shape index (κ2) is 13.3. The molecule has 215 valence electrons. The Labute approximate surface area is 248 Å². The second-order valence-corrected chi connectivity index (χ2v) is 15.1. The number of nitrogens with zero attached hydrogens (tertiary/aromatic N) is 6. The molecule has 0 unspecified atom stereocenters. The molecule has 0 saturated carbocycles. The van der Waals surface area contributed by atoms with Gasteiger partial charge in [-0.15, -0.1) is 0 Å². The standard InChI is InChI=1S/C26H36BrN8O3SSi/c1-26(2,3)38-25(36)28-10-9-17-7-8-19-20(13-17)34(16-37-11-12-40(5)6)21(31-19)15-29-23-33-24(39-4)32-22-18(27)14-30-35(22)23/h7-8,13-14H,9-12,15-16H2,1-6H3,(H,28,36)(H,29,32,33). The van der Waals surface area contributed by atoms with Crippen LogP contribution in [-0.4, -0.2) is 69.0 Å². The summed E-state index contributed by atoms with van der Waals surface area (Å²) >= 11 is 4.98. The number of hydrogen-bond acceptors (Lipinski definition) is 9. The average Bonchev–Trinajstić information content (AvgIpc) is 3.43. The summed E-state index contributed by atoms with van der Waals surface area (Å²) in [6, 6.07) is 7.24. The highest BCUT2D eigenvalue weighted by molar-refractivity contribution is 9.10. The van der Waals surface area contributed by atoms with Crippen molar-refractivity contribution in [2.75, 3.05) is 24.7 Å². The third-order valence-electron chi connectivity index (χ3n) is 5.83. The van der Waals surface area contributed by atoms with Crippen LogP contribution in [0.3, 0.4) is 0 Å². The van der Waals surface area contributed by atoms with Gasteiger partial charge in [0.2, 0.25) is 5.95 Å². The molecule has 0 fully saturated rings. The van der Waals surface area contributed by atoms with E-state index in [1.165, 1.54) is 11.8 Å². The number of nitrogens with one attached hydrogen (secondary N) is 2. The molecule has 1 aromatic carbocycles. The first-order valence-corrected chi connectivity index (χ1v) is 17.8. The van der Waals surface area contributed by atoms with Gasteiger partial charge in [-0.05, 0) is 73.1 Å². The zero-order chi connectivity index (χ0) is 28.9. The summed E-state index contributed by atoms with van der Waals surface area (Å²) in [6.45, 7) is 12.1. The molecule has 0 bridgehead atoms. The molecule has 3 aromatic heterocycles. The number of rotatable bonds is 12. The Morgan fingerprint density at radius 1 is 1.20 bits per heavy atom. The van der Waals surface area contributed by atoms with E-state index in [0.29, 0.717) is 49.6 Å². The number of aromatic nitrogens is 6. The normalized spacial score (nSPS) is 12.0. The lowest BCUT2D eigenvalue weighted by Gasteiger charge is -2.19. The Morgan fingerprint density at radius 3 is 2.73 bits per heavy atom. The first kappa shape index (κ1) is 30.3. The summed E-state index contributed by atoms with van der Waals surface area (Å²) in [4.78, 5) is 26.1. The lowest BCUT2D eigenvalue weighted by Crippen LogP contribution is -2.33. The molecule has 11 nitrogen and oxygen atoms in total. The van der Waals surface area contributed by atoms with Crippen LogP contribution in [0.1, 0.15) is 32.2 Å². The Morgan fingerprint density at radius 2 is 2.00 bits per heavy atom. The fraction of sp³-hybridized carbons (Fsp3) is 0.500. The number of benzene rings is 1. The number of thioether (sulfide) groups is 1. The maximum atomic E-state index is 12.0. The van der Waals surface area contributed by atoms with Gasteiger partial charge >= 0.3 is 6.09 Å². The zero-order valence-corrected chi connectivity index (χ0v) is 27.1. The van der Waals surface area contributed by atoms with Gasteiger partial charge in [0.1, 0.15) is 18.2 Å². The molecule has 4 aromatic rings. The van der Waals surface area contributed by atoms with Crippen LogP contribution in [0.4, 0.5) is 10.7 Å². The van der Waals surface area contributed by atoms with Crippen LogP contribution >= 0.6 is 27.7 Å². The summed E-state index contributed by atoms with van der Waals surface area (Å²) in [5, 5.41) is 11.3. The number of anilines is 1. The molecular weight excluding hydrogens is 612 g/mol. The van der Waals surface area contributed by atoms with Gasteiger partial charge in [-0.25, -0.2) is 14.8 Å². The molecule has 0 atom stereocenters. The third-order valence-corrected chi connectivity index (χ3v) is 8.14. The van der Waals surface area contributed by atoms with Crippen LogP contribution in [0.2, 0.25) is 19.1 Å². The predicted octanol–water partition coefficient (Wildman–Crippen LogP) is 5.37. The molecular formula is C26H36BrN8O3SSi. The lowest BCUT2D eigenvalue weighted by molar-refractivity contribution is 0.0528. The number of alkyl carbamates (subject to hydrolysis) is 1. The zero-order valence-electron chi connectivity index (χ0n) is 23.7. The predicted molar refractivity (Wildman–Crippen MR) is 164 cm³/mol. The topological polar surface area (TPSA) is 120 Å². The number of carbonyl (C=O) groups excluding carboxylic acids is 1. The smallest absolute Gasteiger partial charge is 0.407 e. The molecule has 3 heterocycles. The number of carbonyl (C=O) groups is 1. The van der Waals surface area contributed by atoms with E-state index in [2.05, 4.69) is 65.4 Å². The Kier molecular flexibility index (Phi) is 10.1. The first-order chi connectivity index (χ1) is 19.0. The monoisotopic (exact) mass is 647 g/mol. The SMILES string of the molecule is CSc1nc(NCc2nc3ccc(CCNC(=O)OC(C)(C)C)cc3n2COCC[Si](C)C)n2ncc(Br)c2n1. The van der Waals surface area contributed by atoms with Gasteiger partial charge in [0.05, 0.1) is 28.2 Å². The molecule has 0 aliphatic carbocycles. The second-order valence-electron chi connectivity index (χ2n) is 10.6. The van der Waals surface area contributed by atoms with Crippen molar-refractivity contribution >= 4 is 65.2 Å². The van der Waals surface area contributed by atoms with Crippen molar-refractivity contribution in [1.82, 2.24) is 34.4 Å². The quantitative estimate of drug-likeness (QED) is 0.119. The molecule has 2 N–H and O–H groups in total. The van der Waals surface area contributed by atoms with Crippen molar-refractivity contribution in [3.05, 3.63) is 40.3 Å². The van der Waals surface area contributed by atoms with E-state index in [-0.39, 0.29) is 8.80 Å². The summed E-state index contributed by atoms with van der Waals surface area (Å²) in [7, 11) is -0.370. The maximum absolute atomic E-state index is 12.0. The van der Waals surface area contributed by atoms with Gasteiger partial charge in [0.15, 0.2) is 10.8 Å². The van der Waals surface area contributed by atoms with Gasteiger partial charge in [-0.1, -0.05) is 30.9 Å². The molecule has 0 spiro atoms. The summed E-state index contributed by atoms with van der Waals surface area (Å²) in [5.74, 6) is 1.40. The highest BCUT2D eigenvalue weighted by atomic mass is 79.9. The minimum atomic E-state index is -0.528. The van der Waals surface area contributed by atoms with Crippen molar-refractivity contribution in [2.24, 2.45) is 0 Å². The average molecular weight is 649 g/mol. The molecule has 0 saturated heterocycles. The van der Waals surface area contributed by atoms with Crippen LogP contribution in [-0.2, 0) is 29.2 Å². The molecule has 0 aliphatic heterocycles. The number of fused-ring (bicyclic) bond motifs is 2. The highest BCUT2D eigenvalue weighted by Gasteiger charge is 2.17. The lowest BCUT2D eigenvalue weighted by atomic mass is 10.1. The number of ether oxygens (including phenoxy) is 2. The fourth-order valence-electron chi connectivity index (χ4n) is 3.90. The molecule has 4 rings (SSSR count). The fourth-order valence-corrected chi connectivity index (χ4v) is 5.16. The molecule has 14 heteroatoms. The molecule has 1 amide bonds. The summed E-state index contributed by atoms with van der Waals surface area (Å²) < 4.78 is 16.0. The molecule has 40 heavy (non-hydrogen) atoms. The summed E-state index contributed by atoms with van der Waals surface area (Å²) in [5.41, 5.74) is 3.10. The highest BCUT2D eigenvalue weighted by Crippen LogP contribution is 2.23. The maximum Gasteiger partial charge on any atom is 0.407 e. The van der Waals surface area contributed by atoms with Gasteiger partial charge in [0.25, 0.3) is 0 Å². The van der Waals surface area contributed by atoms with Gasteiger partial charge in [-0.2, -0.15) is 14.6 Å².